The summed E-state index contributed by atoms with van der Waals surface area (Å²) >= 11 is -2.61. The van der Waals surface area contributed by atoms with Crippen LogP contribution in [-0.4, -0.2) is 46.0 Å². The highest BCUT2D eigenvalue weighted by Gasteiger charge is 1.88. The van der Waals surface area contributed by atoms with E-state index in [1.165, 1.54) is 0 Å². The second-order valence-electron chi connectivity index (χ2n) is 2.91. The first-order chi connectivity index (χ1) is 3.73. The maximum atomic E-state index is 8.67. The van der Waals surface area contributed by atoms with Crippen LogP contribution >= 0.6 is 0 Å². The van der Waals surface area contributed by atoms with Gasteiger partial charge in [0, 0.05) is 0 Å². The zero-order chi connectivity index (χ0) is 8.08. The Morgan fingerprint density at radius 1 is 1.11 bits per heavy atom. The molecule has 0 aromatic heterocycles. The molecule has 0 aromatic rings. The summed E-state index contributed by atoms with van der Waals surface area (Å²) in [5, 5.41) is 0. The largest absolute Gasteiger partial charge is 0.333 e. The van der Waals surface area contributed by atoms with Gasteiger partial charge >= 0.3 is 0 Å². The van der Waals surface area contributed by atoms with Crippen molar-refractivity contribution >= 4 is 11.4 Å². The van der Waals surface area contributed by atoms with Crippen LogP contribution in [0.3, 0.4) is 0 Å². The third-order valence-electron chi connectivity index (χ3n) is 0. The monoisotopic (exact) mass is 156 g/mol. The Kier molecular flexibility index (Phi) is 6.37. The molecule has 0 aliphatic carbocycles. The Hall–Kier alpha value is 0.0300. The van der Waals surface area contributed by atoms with Crippen LogP contribution in [-0.2, 0) is 11.4 Å². The second kappa shape index (κ2) is 4.87. The summed E-state index contributed by atoms with van der Waals surface area (Å²) in [6.07, 6.45) is 0. The molecule has 0 heterocycles. The van der Waals surface area contributed by atoms with Crippen molar-refractivity contribution < 1.29 is 17.8 Å². The van der Waals surface area contributed by atoms with Gasteiger partial charge in [0.2, 0.25) is 0 Å². The fourth-order valence-electron chi connectivity index (χ4n) is 0. The molecule has 0 rings (SSSR count). The van der Waals surface area contributed by atoms with Crippen LogP contribution in [0.5, 0.6) is 0 Å². The predicted molar refractivity (Wildman–Crippen MR) is 37.4 cm³/mol. The van der Waals surface area contributed by atoms with Gasteiger partial charge in [-0.3, -0.25) is 9.11 Å². The van der Waals surface area contributed by atoms with Gasteiger partial charge in [-0.05, 0) is 0 Å². The molecule has 0 amide bonds. The summed E-state index contributed by atoms with van der Waals surface area (Å²) in [5.41, 5.74) is 0. The van der Waals surface area contributed by atoms with E-state index in [0.717, 1.165) is 4.48 Å². The van der Waals surface area contributed by atoms with Crippen molar-refractivity contribution in [2.45, 2.75) is 0 Å². The lowest BCUT2D eigenvalue weighted by Crippen LogP contribution is -2.27. The van der Waals surface area contributed by atoms with Crippen LogP contribution in [0, 0.1) is 0 Å². The number of hydrogen-bond acceptors (Lipinski definition) is 1. The maximum Gasteiger partial charge on any atom is 0.299 e. The molecule has 0 unspecified atom stereocenters. The van der Waals surface area contributed by atoms with Crippen LogP contribution in [0.15, 0.2) is 0 Å². The van der Waals surface area contributed by atoms with E-state index in [1.54, 1.807) is 0 Å². The van der Waals surface area contributed by atoms with E-state index in [1.807, 2.05) is 0 Å². The third-order valence-corrected chi connectivity index (χ3v) is 0. The van der Waals surface area contributed by atoms with Gasteiger partial charge in [-0.25, -0.2) is 0 Å². The van der Waals surface area contributed by atoms with Gasteiger partial charge in [-0.15, -0.1) is 0 Å². The van der Waals surface area contributed by atoms with Crippen molar-refractivity contribution in [1.82, 2.24) is 0 Å². The summed E-state index contributed by atoms with van der Waals surface area (Å²) < 4.78 is 23.8. The first kappa shape index (κ1) is 11.8. The van der Waals surface area contributed by atoms with Gasteiger partial charge in [0.15, 0.2) is 0 Å². The van der Waals surface area contributed by atoms with Crippen LogP contribution in [0.25, 0.3) is 0 Å². The predicted octanol–water partition coefficient (Wildman–Crippen LogP) is 0.00350. The van der Waals surface area contributed by atoms with Crippen molar-refractivity contribution in [3.05, 3.63) is 0 Å². The molecule has 2 N–H and O–H groups in total. The van der Waals surface area contributed by atoms with E-state index >= 15 is 0 Å². The van der Waals surface area contributed by atoms with E-state index < -0.39 is 11.4 Å². The van der Waals surface area contributed by atoms with Gasteiger partial charge in [-0.2, -0.15) is 4.21 Å². The van der Waals surface area contributed by atoms with Crippen LogP contribution < -0.4 is 0 Å². The molecular formula is C4H14NO3S+. The normalized spacial score (nSPS) is 10.6. The van der Waals surface area contributed by atoms with Gasteiger partial charge in [0.25, 0.3) is 11.4 Å². The summed E-state index contributed by atoms with van der Waals surface area (Å²) in [7, 11) is 8.50. The fourth-order valence-corrected chi connectivity index (χ4v) is 0. The van der Waals surface area contributed by atoms with E-state index in [2.05, 4.69) is 28.2 Å². The molecule has 0 fully saturated rings. The van der Waals surface area contributed by atoms with Crippen LogP contribution in [0.2, 0.25) is 0 Å². The molecule has 0 radical (unpaired) electrons. The van der Waals surface area contributed by atoms with E-state index in [-0.39, 0.29) is 0 Å². The van der Waals surface area contributed by atoms with Crippen molar-refractivity contribution in [2.24, 2.45) is 0 Å². The minimum atomic E-state index is -2.61. The first-order valence-electron chi connectivity index (χ1n) is 2.32. The Balaban J connectivity index is 0. The maximum absolute atomic E-state index is 8.67. The van der Waals surface area contributed by atoms with Crippen molar-refractivity contribution in [1.29, 1.82) is 0 Å². The van der Waals surface area contributed by atoms with Crippen LogP contribution in [0.1, 0.15) is 0 Å². The first-order valence-corrected chi connectivity index (χ1v) is 3.38. The quantitative estimate of drug-likeness (QED) is 0.383. The Morgan fingerprint density at radius 3 is 1.11 bits per heavy atom. The molecule has 9 heavy (non-hydrogen) atoms. The molecule has 4 nitrogen and oxygen atoms in total. The lowest BCUT2D eigenvalue weighted by Gasteiger charge is -2.14. The smallest absolute Gasteiger partial charge is 0.299 e. The highest BCUT2D eigenvalue weighted by Crippen LogP contribution is 1.73. The molecular weight excluding hydrogens is 142 g/mol. The minimum Gasteiger partial charge on any atom is -0.333 e. The average Bonchev–Trinajstić information content (AvgIpc) is 1.19. The highest BCUT2D eigenvalue weighted by molar-refractivity contribution is 7.73. The molecule has 0 saturated carbocycles. The highest BCUT2D eigenvalue weighted by atomic mass is 32.2. The van der Waals surface area contributed by atoms with Gasteiger partial charge in [0.1, 0.15) is 0 Å². The van der Waals surface area contributed by atoms with E-state index in [9.17, 15) is 0 Å². The standard InChI is InChI=1S/C4H12N.H2O3S/c1-5(2,3)4;1-4(2)3/h1-4H3;(H2,1,2,3)/q+1;. The molecule has 0 aliphatic rings. The van der Waals surface area contributed by atoms with Crippen LogP contribution in [0.4, 0.5) is 0 Å². The van der Waals surface area contributed by atoms with E-state index in [4.69, 9.17) is 13.3 Å². The molecule has 0 aromatic carbocycles. The Morgan fingerprint density at radius 2 is 1.11 bits per heavy atom. The van der Waals surface area contributed by atoms with Gasteiger partial charge in [0.05, 0.1) is 28.2 Å². The molecule has 58 valence electrons. The molecule has 0 spiro atoms. The summed E-state index contributed by atoms with van der Waals surface area (Å²) in [5.74, 6) is 0. The molecule has 0 aliphatic heterocycles. The molecule has 0 bridgehead atoms. The Bertz CT molecular complexity index is 78.3. The lowest BCUT2D eigenvalue weighted by atomic mass is 10.8. The average molecular weight is 156 g/mol. The van der Waals surface area contributed by atoms with Crippen molar-refractivity contribution in [3.63, 3.8) is 0 Å². The second-order valence-corrected chi connectivity index (χ2v) is 3.38. The molecule has 5 heteroatoms. The zero-order valence-electron chi connectivity index (χ0n) is 6.16. The van der Waals surface area contributed by atoms with Gasteiger partial charge < -0.3 is 4.48 Å². The minimum absolute atomic E-state index is 1.00. The number of nitrogens with zero attached hydrogens (tertiary/aromatic N) is 1. The number of rotatable bonds is 0. The number of quaternary nitrogens is 1. The summed E-state index contributed by atoms with van der Waals surface area (Å²) in [6, 6.07) is 0. The summed E-state index contributed by atoms with van der Waals surface area (Å²) in [4.78, 5) is 0. The zero-order valence-corrected chi connectivity index (χ0v) is 6.97. The van der Waals surface area contributed by atoms with E-state index in [0.29, 0.717) is 0 Å². The molecule has 0 atom stereocenters. The van der Waals surface area contributed by atoms with Crippen molar-refractivity contribution in [3.8, 4) is 0 Å². The SMILES string of the molecule is C[N+](C)(C)C.O=S(O)O. The fraction of sp³-hybridized carbons (Fsp3) is 1.00. The summed E-state index contributed by atoms with van der Waals surface area (Å²) in [6.45, 7) is 0. The lowest BCUT2D eigenvalue weighted by molar-refractivity contribution is -0.849. The Labute approximate surface area is 58.2 Å². The van der Waals surface area contributed by atoms with Gasteiger partial charge in [-0.1, -0.05) is 0 Å². The topological polar surface area (TPSA) is 57.5 Å². The molecule has 0 saturated heterocycles. The third kappa shape index (κ3) is 324000. The van der Waals surface area contributed by atoms with Crippen molar-refractivity contribution in [2.75, 3.05) is 28.2 Å². The number of hydrogen-bond donors (Lipinski definition) is 2.